The molecule has 4 fully saturated rings. The highest BCUT2D eigenvalue weighted by Gasteiger charge is 2.77. The van der Waals surface area contributed by atoms with Gasteiger partial charge in [-0.25, -0.2) is 4.39 Å². The van der Waals surface area contributed by atoms with Crippen molar-refractivity contribution < 1.29 is 38.5 Å². The minimum absolute atomic E-state index is 0.127. The highest BCUT2D eigenvalue weighted by molar-refractivity contribution is 6.02. The van der Waals surface area contributed by atoms with Crippen LogP contribution in [-0.4, -0.2) is 64.4 Å². The van der Waals surface area contributed by atoms with E-state index in [1.54, 1.807) is 13.8 Å². The van der Waals surface area contributed by atoms with E-state index >= 15 is 4.39 Å². The number of rotatable bonds is 3. The van der Waals surface area contributed by atoms with Gasteiger partial charge in [0, 0.05) is 5.41 Å². The molecule has 8 heteroatoms. The molecule has 0 aromatic rings. The molecule has 1 heterocycles. The maximum absolute atomic E-state index is 15.6. The van der Waals surface area contributed by atoms with Crippen LogP contribution in [0.1, 0.15) is 53.4 Å². The summed E-state index contributed by atoms with van der Waals surface area (Å²) in [4.78, 5) is 37.2. The van der Waals surface area contributed by atoms with Gasteiger partial charge in [-0.05, 0) is 74.3 Å². The Kier molecular flexibility index (Phi) is 4.96. The Morgan fingerprint density at radius 3 is 2.58 bits per heavy atom. The van der Waals surface area contributed by atoms with Crippen LogP contribution in [0, 0.1) is 34.5 Å². The first-order chi connectivity index (χ1) is 15.3. The normalized spacial score (nSPS) is 52.3. The zero-order valence-electron chi connectivity index (χ0n) is 19.5. The fourth-order valence-electron chi connectivity index (χ4n) is 8.65. The van der Waals surface area contributed by atoms with Crippen molar-refractivity contribution in [2.45, 2.75) is 83.1 Å². The molecule has 0 aromatic heterocycles. The molecular formula is C25H33FO7. The number of aliphatic hydroxyl groups is 2. The SMILES string of the molecule is CC1(C)O[C@@H]2C[C@H]3[C@@H]4C[C@H](F)C5=CC(=O)C(C=O)C[C@]5(C)[C@H]4[C@@H](O)C[C@]3(C)[C@]2(C(=O)CO)O1. The maximum Gasteiger partial charge on any atom is 0.193 e. The van der Waals surface area contributed by atoms with Crippen molar-refractivity contribution in [3.63, 3.8) is 0 Å². The van der Waals surface area contributed by atoms with Gasteiger partial charge in [0.15, 0.2) is 23.0 Å². The molecule has 3 saturated carbocycles. The molecule has 7 nitrogen and oxygen atoms in total. The first-order valence-corrected chi connectivity index (χ1v) is 11.9. The van der Waals surface area contributed by atoms with Crippen LogP contribution >= 0.6 is 0 Å². The Morgan fingerprint density at radius 1 is 1.24 bits per heavy atom. The molecule has 33 heavy (non-hydrogen) atoms. The largest absolute Gasteiger partial charge is 0.393 e. The van der Waals surface area contributed by atoms with E-state index in [9.17, 15) is 24.6 Å². The Labute approximate surface area is 192 Å². The minimum atomic E-state index is -1.42. The molecule has 0 spiro atoms. The predicted octanol–water partition coefficient (Wildman–Crippen LogP) is 1.92. The van der Waals surface area contributed by atoms with Gasteiger partial charge in [0.25, 0.3) is 0 Å². The molecule has 182 valence electrons. The Hall–Kier alpha value is -1.48. The first-order valence-electron chi connectivity index (χ1n) is 11.9. The summed E-state index contributed by atoms with van der Waals surface area (Å²) in [6.45, 7) is 6.51. The van der Waals surface area contributed by atoms with Gasteiger partial charge in [0.05, 0.1) is 18.1 Å². The Morgan fingerprint density at radius 2 is 1.94 bits per heavy atom. The Balaban J connectivity index is 1.61. The number of carbonyl (C=O) groups excluding carboxylic acids is 3. The van der Waals surface area contributed by atoms with Crippen molar-refractivity contribution in [2.75, 3.05) is 6.61 Å². The van der Waals surface area contributed by atoms with Crippen LogP contribution in [0.2, 0.25) is 0 Å². The highest BCUT2D eigenvalue weighted by atomic mass is 19.1. The van der Waals surface area contributed by atoms with Crippen molar-refractivity contribution in [1.82, 2.24) is 0 Å². The lowest BCUT2D eigenvalue weighted by molar-refractivity contribution is -0.229. The average molecular weight is 465 g/mol. The number of hydrogen-bond donors (Lipinski definition) is 2. The summed E-state index contributed by atoms with van der Waals surface area (Å²) < 4.78 is 28.1. The lowest BCUT2D eigenvalue weighted by Gasteiger charge is -2.61. The van der Waals surface area contributed by atoms with E-state index in [0.29, 0.717) is 18.3 Å². The van der Waals surface area contributed by atoms with Gasteiger partial charge in [-0.2, -0.15) is 0 Å². The third-order valence-corrected chi connectivity index (χ3v) is 9.69. The summed E-state index contributed by atoms with van der Waals surface area (Å²) in [5, 5.41) is 21.4. The van der Waals surface area contributed by atoms with Gasteiger partial charge in [0.2, 0.25) is 0 Å². The molecule has 0 radical (unpaired) electrons. The quantitative estimate of drug-likeness (QED) is 0.485. The van der Waals surface area contributed by atoms with E-state index in [1.807, 2.05) is 13.8 Å². The van der Waals surface area contributed by atoms with Gasteiger partial charge in [-0.1, -0.05) is 13.8 Å². The van der Waals surface area contributed by atoms with E-state index in [-0.39, 0.29) is 42.8 Å². The number of fused-ring (bicyclic) bond motifs is 7. The van der Waals surface area contributed by atoms with Crippen LogP contribution in [0.25, 0.3) is 0 Å². The van der Waals surface area contributed by atoms with Crippen LogP contribution < -0.4 is 0 Å². The smallest absolute Gasteiger partial charge is 0.193 e. The molecule has 0 amide bonds. The number of hydrogen-bond acceptors (Lipinski definition) is 7. The molecular weight excluding hydrogens is 431 g/mol. The lowest BCUT2D eigenvalue weighted by atomic mass is 9.44. The van der Waals surface area contributed by atoms with Crippen LogP contribution in [0.15, 0.2) is 11.6 Å². The van der Waals surface area contributed by atoms with Gasteiger partial charge >= 0.3 is 0 Å². The van der Waals surface area contributed by atoms with Crippen LogP contribution in [-0.2, 0) is 23.9 Å². The van der Waals surface area contributed by atoms with E-state index in [1.165, 1.54) is 6.08 Å². The number of ketones is 2. The van der Waals surface area contributed by atoms with Crippen LogP contribution in [0.3, 0.4) is 0 Å². The second-order valence-electron chi connectivity index (χ2n) is 11.7. The van der Waals surface area contributed by atoms with E-state index < -0.39 is 58.9 Å². The number of aldehydes is 1. The summed E-state index contributed by atoms with van der Waals surface area (Å²) >= 11 is 0. The summed E-state index contributed by atoms with van der Waals surface area (Å²) in [6.07, 6.45) is 0.0192. The summed E-state index contributed by atoms with van der Waals surface area (Å²) in [7, 11) is 0. The average Bonchev–Trinajstić information content (AvgIpc) is 3.14. The summed E-state index contributed by atoms with van der Waals surface area (Å²) in [6, 6.07) is 0. The second-order valence-corrected chi connectivity index (χ2v) is 11.7. The monoisotopic (exact) mass is 464 g/mol. The molecule has 1 saturated heterocycles. The molecule has 0 bridgehead atoms. The number of halogens is 1. The van der Waals surface area contributed by atoms with Gasteiger partial charge in [0.1, 0.15) is 19.1 Å². The minimum Gasteiger partial charge on any atom is -0.393 e. The Bertz CT molecular complexity index is 945. The molecule has 5 rings (SSSR count). The van der Waals surface area contributed by atoms with E-state index in [2.05, 4.69) is 0 Å². The maximum atomic E-state index is 15.6. The zero-order valence-corrected chi connectivity index (χ0v) is 19.5. The molecule has 5 aliphatic rings. The van der Waals surface area contributed by atoms with Gasteiger partial charge in [-0.3, -0.25) is 9.59 Å². The van der Waals surface area contributed by atoms with E-state index in [0.717, 1.165) is 0 Å². The molecule has 1 aliphatic heterocycles. The van der Waals surface area contributed by atoms with Crippen molar-refractivity contribution >= 4 is 17.9 Å². The standard InChI is InChI=1S/C25H33FO7/c1-22(2)32-20-7-14-13-5-16(26)15-6-17(29)12(10-27)8-23(15,3)21(13)18(30)9-24(14,4)25(20,33-22)19(31)11-28/h6,10,12-14,16,18,20-21,28,30H,5,7-9,11H2,1-4H3/t12?,13-,14-,16-,18-,20+,21+,23-,24-,25+/m0/s1. The predicted molar refractivity (Wildman–Crippen MR) is 114 cm³/mol. The van der Waals surface area contributed by atoms with Crippen LogP contribution in [0.4, 0.5) is 4.39 Å². The molecule has 10 atom stereocenters. The van der Waals surface area contributed by atoms with Crippen molar-refractivity contribution in [2.24, 2.45) is 34.5 Å². The number of aliphatic hydroxyl groups excluding tert-OH is 2. The van der Waals surface area contributed by atoms with Crippen molar-refractivity contribution in [1.29, 1.82) is 0 Å². The third kappa shape index (κ3) is 2.78. The second kappa shape index (κ2) is 7.03. The van der Waals surface area contributed by atoms with E-state index in [4.69, 9.17) is 9.47 Å². The lowest BCUT2D eigenvalue weighted by Crippen LogP contribution is -2.65. The summed E-state index contributed by atoms with van der Waals surface area (Å²) in [5.74, 6) is -3.56. The van der Waals surface area contributed by atoms with Gasteiger partial charge in [-0.15, -0.1) is 0 Å². The fourth-order valence-corrected chi connectivity index (χ4v) is 8.65. The fraction of sp³-hybridized carbons (Fsp3) is 0.800. The topological polar surface area (TPSA) is 110 Å². The van der Waals surface area contributed by atoms with Crippen molar-refractivity contribution in [3.05, 3.63) is 11.6 Å². The highest BCUT2D eigenvalue weighted by Crippen LogP contribution is 2.71. The van der Waals surface area contributed by atoms with Crippen molar-refractivity contribution in [3.8, 4) is 0 Å². The number of alkyl halides is 1. The molecule has 0 aromatic carbocycles. The molecule has 1 unspecified atom stereocenters. The van der Waals surface area contributed by atoms with Crippen LogP contribution in [0.5, 0.6) is 0 Å². The molecule has 2 N–H and O–H groups in total. The number of carbonyl (C=O) groups is 3. The van der Waals surface area contributed by atoms with Gasteiger partial charge < -0.3 is 24.5 Å². The number of Topliss-reactive ketones (excluding diaryl/α,β-unsaturated/α-hetero) is 1. The zero-order chi connectivity index (χ0) is 24.1. The molecule has 4 aliphatic carbocycles. The number of ether oxygens (including phenoxy) is 2. The number of allylic oxidation sites excluding steroid dienone is 1. The third-order valence-electron chi connectivity index (χ3n) is 9.69. The first kappa shape index (κ1) is 23.3. The summed E-state index contributed by atoms with van der Waals surface area (Å²) in [5.41, 5.74) is -2.74.